The molecule has 0 fully saturated rings. The third kappa shape index (κ3) is 1.50. The van der Waals surface area contributed by atoms with Crippen molar-refractivity contribution in [3.63, 3.8) is 0 Å². The Balaban J connectivity index is 2.73. The average molecular weight is 207 g/mol. The van der Waals surface area contributed by atoms with Crippen molar-refractivity contribution in [3.05, 3.63) is 33.7 Å². The van der Waals surface area contributed by atoms with Crippen LogP contribution in [-0.2, 0) is 6.54 Å². The molecular weight excluding hydrogens is 200 g/mol. The predicted octanol–water partition coefficient (Wildman–Crippen LogP) is -2.04. The molecule has 0 unspecified atom stereocenters. The lowest BCUT2D eigenvalue weighted by Crippen LogP contribution is -2.41. The number of carboxylic acid groups (broad SMARTS) is 1. The number of aromatic nitrogens is 1. The van der Waals surface area contributed by atoms with Crippen LogP contribution in [0.1, 0.15) is 21.0 Å². The lowest BCUT2D eigenvalue weighted by molar-refractivity contribution is -0.255. The molecule has 6 heteroatoms. The summed E-state index contributed by atoms with van der Waals surface area (Å²) in [6, 6.07) is 2.07. The Morgan fingerprint density at radius 2 is 2.13 bits per heavy atom. The summed E-state index contributed by atoms with van der Waals surface area (Å²) < 4.78 is 1.27. The highest BCUT2D eigenvalue weighted by Crippen LogP contribution is 2.06. The van der Waals surface area contributed by atoms with Crippen LogP contribution < -0.4 is 15.9 Å². The van der Waals surface area contributed by atoms with Gasteiger partial charge in [-0.3, -0.25) is 9.59 Å². The van der Waals surface area contributed by atoms with Crippen LogP contribution in [0, 0.1) is 0 Å². The highest BCUT2D eigenvalue weighted by Gasteiger charge is 2.18. The maximum Gasteiger partial charge on any atom is 0.268 e. The van der Waals surface area contributed by atoms with Gasteiger partial charge >= 0.3 is 0 Å². The van der Waals surface area contributed by atoms with E-state index in [-0.39, 0.29) is 11.4 Å². The summed E-state index contributed by atoms with van der Waals surface area (Å²) in [7, 11) is 0. The molecule has 0 saturated carbocycles. The first-order valence-corrected chi connectivity index (χ1v) is 4.34. The monoisotopic (exact) mass is 207 g/mol. The number of carbonyl (C=O) groups is 2. The molecule has 0 spiro atoms. The van der Waals surface area contributed by atoms with Gasteiger partial charge in [0.1, 0.15) is 5.69 Å². The maximum absolute atomic E-state index is 11.3. The number of aromatic carboxylic acids is 1. The van der Waals surface area contributed by atoms with Gasteiger partial charge in [-0.1, -0.05) is 0 Å². The first-order valence-electron chi connectivity index (χ1n) is 4.34. The average Bonchev–Trinajstić information content (AvgIpc) is 2.18. The summed E-state index contributed by atoms with van der Waals surface area (Å²) in [6.07, 6.45) is 0. The van der Waals surface area contributed by atoms with E-state index in [0.717, 1.165) is 12.1 Å². The number of amides is 1. The fourth-order valence-electron chi connectivity index (χ4n) is 1.57. The summed E-state index contributed by atoms with van der Waals surface area (Å²) in [5.41, 5.74) is -0.710. The second kappa shape index (κ2) is 3.23. The van der Waals surface area contributed by atoms with E-state index in [1.807, 2.05) is 0 Å². The molecule has 1 aromatic heterocycles. The maximum atomic E-state index is 11.3. The van der Waals surface area contributed by atoms with E-state index in [0.29, 0.717) is 13.1 Å². The van der Waals surface area contributed by atoms with Crippen LogP contribution in [0.25, 0.3) is 0 Å². The molecule has 0 radical (unpaired) electrons. The van der Waals surface area contributed by atoms with Crippen molar-refractivity contribution >= 4 is 11.9 Å². The molecule has 78 valence electrons. The topological polar surface area (TPSA) is 91.2 Å². The van der Waals surface area contributed by atoms with Crippen LogP contribution >= 0.6 is 0 Å². The van der Waals surface area contributed by atoms with E-state index in [4.69, 9.17) is 0 Å². The molecule has 0 atom stereocenters. The van der Waals surface area contributed by atoms with E-state index in [1.165, 1.54) is 4.57 Å². The zero-order valence-electron chi connectivity index (χ0n) is 7.65. The van der Waals surface area contributed by atoms with E-state index in [1.54, 1.807) is 0 Å². The highest BCUT2D eigenvalue weighted by molar-refractivity contribution is 5.95. The fourth-order valence-corrected chi connectivity index (χ4v) is 1.57. The number of rotatable bonds is 1. The SMILES string of the molecule is O=C([O-])c1cc(=O)cc2n1CCNC2=O. The number of nitrogens with zero attached hydrogens (tertiary/aromatic N) is 1. The Kier molecular flexibility index (Phi) is 2.03. The minimum Gasteiger partial charge on any atom is -0.543 e. The van der Waals surface area contributed by atoms with Crippen molar-refractivity contribution in [3.8, 4) is 0 Å². The second-order valence-corrected chi connectivity index (χ2v) is 3.16. The standard InChI is InChI=1S/C9H8N2O4/c12-5-3-6-8(13)10-1-2-11(6)7(4-5)9(14)15/h3-4H,1-2H2,(H,10,13)(H,14,15)/p-1. The van der Waals surface area contributed by atoms with E-state index >= 15 is 0 Å². The molecule has 0 saturated heterocycles. The van der Waals surface area contributed by atoms with Gasteiger partial charge in [0, 0.05) is 25.2 Å². The Hall–Kier alpha value is -2.11. The third-order valence-electron chi connectivity index (χ3n) is 2.20. The number of fused-ring (bicyclic) bond motifs is 1. The summed E-state index contributed by atoms with van der Waals surface area (Å²) >= 11 is 0. The number of nitrogens with one attached hydrogen (secondary N) is 1. The van der Waals surface area contributed by atoms with Crippen LogP contribution in [0.2, 0.25) is 0 Å². The largest absolute Gasteiger partial charge is 0.543 e. The lowest BCUT2D eigenvalue weighted by atomic mass is 10.2. The Bertz CT molecular complexity index is 483. The van der Waals surface area contributed by atoms with Crippen LogP contribution in [0.5, 0.6) is 0 Å². The molecule has 1 amide bonds. The molecule has 1 aromatic rings. The molecule has 0 aliphatic carbocycles. The predicted molar refractivity (Wildman–Crippen MR) is 47.4 cm³/mol. The van der Waals surface area contributed by atoms with Crippen LogP contribution in [0.4, 0.5) is 0 Å². The minimum absolute atomic E-state index is 0.0629. The zero-order chi connectivity index (χ0) is 11.0. The lowest BCUT2D eigenvalue weighted by Gasteiger charge is -2.22. The zero-order valence-corrected chi connectivity index (χ0v) is 7.65. The van der Waals surface area contributed by atoms with Crippen LogP contribution in [0.3, 0.4) is 0 Å². The minimum atomic E-state index is -1.45. The van der Waals surface area contributed by atoms with Gasteiger partial charge in [0.2, 0.25) is 0 Å². The van der Waals surface area contributed by atoms with Crippen molar-refractivity contribution in [2.45, 2.75) is 6.54 Å². The molecule has 1 aliphatic rings. The summed E-state index contributed by atoms with van der Waals surface area (Å²) in [4.78, 5) is 33.2. The van der Waals surface area contributed by atoms with Gasteiger partial charge in [0.05, 0.1) is 11.7 Å². The van der Waals surface area contributed by atoms with E-state index in [2.05, 4.69) is 5.32 Å². The fraction of sp³-hybridized carbons (Fsp3) is 0.222. The molecule has 1 aliphatic heterocycles. The van der Waals surface area contributed by atoms with Crippen molar-refractivity contribution in [2.24, 2.45) is 0 Å². The van der Waals surface area contributed by atoms with Gasteiger partial charge in [-0.25, -0.2) is 0 Å². The first kappa shape index (κ1) is 9.45. The van der Waals surface area contributed by atoms with Crippen LogP contribution in [0.15, 0.2) is 16.9 Å². The van der Waals surface area contributed by atoms with Crippen molar-refractivity contribution in [1.29, 1.82) is 0 Å². The van der Waals surface area contributed by atoms with Gasteiger partial charge < -0.3 is 19.8 Å². The normalized spacial score (nSPS) is 14.3. The number of pyridine rings is 1. The summed E-state index contributed by atoms with van der Waals surface area (Å²) in [5, 5.41) is 13.2. The number of carbonyl (C=O) groups excluding carboxylic acids is 2. The van der Waals surface area contributed by atoms with Gasteiger partial charge in [0.25, 0.3) is 5.91 Å². The van der Waals surface area contributed by atoms with E-state index < -0.39 is 17.3 Å². The molecule has 6 nitrogen and oxygen atoms in total. The molecule has 2 rings (SSSR count). The molecule has 0 aromatic carbocycles. The number of hydrogen-bond acceptors (Lipinski definition) is 4. The summed E-state index contributed by atoms with van der Waals surface area (Å²) in [6.45, 7) is 0.666. The quantitative estimate of drug-likeness (QED) is 0.574. The van der Waals surface area contributed by atoms with Crippen molar-refractivity contribution in [2.75, 3.05) is 6.54 Å². The van der Waals surface area contributed by atoms with Crippen molar-refractivity contribution < 1.29 is 14.7 Å². The van der Waals surface area contributed by atoms with E-state index in [9.17, 15) is 19.5 Å². The Labute approximate surface area is 84.1 Å². The van der Waals surface area contributed by atoms with Gasteiger partial charge in [-0.05, 0) is 0 Å². The Morgan fingerprint density at radius 3 is 2.80 bits per heavy atom. The molecule has 2 heterocycles. The van der Waals surface area contributed by atoms with Gasteiger partial charge in [-0.2, -0.15) is 0 Å². The third-order valence-corrected chi connectivity index (χ3v) is 2.20. The van der Waals surface area contributed by atoms with Crippen LogP contribution in [-0.4, -0.2) is 23.0 Å². The van der Waals surface area contributed by atoms with Crippen molar-refractivity contribution in [1.82, 2.24) is 9.88 Å². The highest BCUT2D eigenvalue weighted by atomic mass is 16.4. The molecule has 0 bridgehead atoms. The number of hydrogen-bond donors (Lipinski definition) is 1. The Morgan fingerprint density at radius 1 is 1.40 bits per heavy atom. The molecule has 15 heavy (non-hydrogen) atoms. The summed E-state index contributed by atoms with van der Waals surface area (Å²) in [5.74, 6) is -1.90. The first-order chi connectivity index (χ1) is 7.09. The van der Waals surface area contributed by atoms with Gasteiger partial charge in [0.15, 0.2) is 5.43 Å². The second-order valence-electron chi connectivity index (χ2n) is 3.16. The number of carboxylic acids is 1. The van der Waals surface area contributed by atoms with Gasteiger partial charge in [-0.15, -0.1) is 0 Å². The molecule has 1 N–H and O–H groups in total. The molecular formula is C9H7N2O4-. The smallest absolute Gasteiger partial charge is 0.268 e.